The van der Waals surface area contributed by atoms with Gasteiger partial charge in [-0.05, 0) is 36.4 Å². The molecular weight excluding hydrogens is 509 g/mol. The molecule has 0 aliphatic carbocycles. The third kappa shape index (κ3) is 4.19. The number of oxime groups is 1. The summed E-state index contributed by atoms with van der Waals surface area (Å²) in [6.07, 6.45) is -1.36. The van der Waals surface area contributed by atoms with E-state index in [9.17, 15) is 22.4 Å². The lowest BCUT2D eigenvalue weighted by Crippen LogP contribution is -2.59. The van der Waals surface area contributed by atoms with E-state index in [4.69, 9.17) is 16.4 Å². The highest BCUT2D eigenvalue weighted by molar-refractivity contribution is 6.30. The molecule has 2 aliphatic heterocycles. The second kappa shape index (κ2) is 8.54. The van der Waals surface area contributed by atoms with E-state index in [2.05, 4.69) is 15.2 Å². The molecule has 1 atom stereocenters. The summed E-state index contributed by atoms with van der Waals surface area (Å²) in [5, 5.41) is 7.31. The van der Waals surface area contributed by atoms with Crippen LogP contribution in [0.15, 0.2) is 60.1 Å². The Balaban J connectivity index is 1.30. The van der Waals surface area contributed by atoms with Crippen LogP contribution in [0.3, 0.4) is 0 Å². The fourth-order valence-electron chi connectivity index (χ4n) is 4.20. The third-order valence-corrected chi connectivity index (χ3v) is 6.38. The summed E-state index contributed by atoms with van der Waals surface area (Å²) in [5.74, 6) is -1.25. The molecule has 0 radical (unpaired) electrons. The number of hydrogen-bond acceptors (Lipinski definition) is 5. The van der Waals surface area contributed by atoms with Gasteiger partial charge in [0.1, 0.15) is 12.4 Å². The van der Waals surface area contributed by atoms with E-state index in [1.165, 1.54) is 34.1 Å². The Bertz CT molecular complexity index is 1300. The molecule has 0 bridgehead atoms. The van der Waals surface area contributed by atoms with Crippen LogP contribution >= 0.6 is 11.6 Å². The molecule has 1 saturated heterocycles. The first-order valence-corrected chi connectivity index (χ1v) is 11.1. The predicted molar refractivity (Wildman–Crippen MR) is 117 cm³/mol. The van der Waals surface area contributed by atoms with Gasteiger partial charge in [-0.2, -0.15) is 18.3 Å². The van der Waals surface area contributed by atoms with Crippen LogP contribution in [0, 0.1) is 5.82 Å². The molecule has 36 heavy (non-hydrogen) atoms. The average Bonchev–Trinajstić information content (AvgIpc) is 3.47. The summed E-state index contributed by atoms with van der Waals surface area (Å²) in [5.41, 5.74) is -5.22. The minimum absolute atomic E-state index is 0.0211. The van der Waals surface area contributed by atoms with Gasteiger partial charge in [-0.3, -0.25) is 14.5 Å². The lowest BCUT2D eigenvalue weighted by atomic mass is 9.86. The zero-order chi connectivity index (χ0) is 25.7. The van der Waals surface area contributed by atoms with Gasteiger partial charge in [0.15, 0.2) is 5.67 Å². The van der Waals surface area contributed by atoms with E-state index in [1.807, 2.05) is 0 Å². The van der Waals surface area contributed by atoms with Gasteiger partial charge < -0.3 is 9.74 Å². The number of nitrogens with zero attached hydrogens (tertiary/aromatic N) is 5. The zero-order valence-electron chi connectivity index (χ0n) is 18.3. The van der Waals surface area contributed by atoms with Crippen LogP contribution < -0.4 is 0 Å². The summed E-state index contributed by atoms with van der Waals surface area (Å²) in [6.45, 7) is -0.436. The second-order valence-corrected chi connectivity index (χ2v) is 9.08. The number of hydrogen-bond donors (Lipinski definition) is 0. The summed E-state index contributed by atoms with van der Waals surface area (Å²) >= 11 is 5.76. The van der Waals surface area contributed by atoms with E-state index in [-0.39, 0.29) is 47.5 Å². The number of benzene rings is 1. The topological polar surface area (TPSA) is 72.6 Å². The van der Waals surface area contributed by atoms with Crippen LogP contribution in [0.25, 0.3) is 0 Å². The molecule has 1 unspecified atom stereocenters. The van der Waals surface area contributed by atoms with Crippen molar-refractivity contribution < 1.29 is 31.6 Å². The maximum absolute atomic E-state index is 15.3. The smallest absolute Gasteiger partial charge is 0.374 e. The van der Waals surface area contributed by atoms with Crippen LogP contribution in [-0.4, -0.2) is 50.5 Å². The lowest BCUT2D eigenvalue weighted by molar-refractivity contribution is -0.275. The molecule has 1 fully saturated rings. The van der Waals surface area contributed by atoms with Crippen molar-refractivity contribution in [3.05, 3.63) is 82.6 Å². The molecule has 3 aromatic rings. The first kappa shape index (κ1) is 24.2. The van der Waals surface area contributed by atoms with Gasteiger partial charge in [-0.25, -0.2) is 8.78 Å². The molecule has 0 N–H and O–H groups in total. The van der Waals surface area contributed by atoms with E-state index in [0.29, 0.717) is 6.07 Å². The first-order valence-electron chi connectivity index (χ1n) is 10.7. The molecule has 2 aliphatic rings. The molecule has 1 amide bonds. The highest BCUT2D eigenvalue weighted by atomic mass is 35.5. The van der Waals surface area contributed by atoms with Crippen molar-refractivity contribution in [1.82, 2.24) is 19.7 Å². The van der Waals surface area contributed by atoms with Crippen LogP contribution in [-0.2, 0) is 27.4 Å². The highest BCUT2D eigenvalue weighted by Crippen LogP contribution is 2.49. The molecule has 1 aromatic carbocycles. The Labute approximate surface area is 206 Å². The van der Waals surface area contributed by atoms with Gasteiger partial charge in [-0.1, -0.05) is 16.8 Å². The van der Waals surface area contributed by atoms with Crippen molar-refractivity contribution in [3.63, 3.8) is 0 Å². The van der Waals surface area contributed by atoms with Crippen LogP contribution in [0.4, 0.5) is 22.0 Å². The predicted octanol–water partition coefficient (Wildman–Crippen LogP) is 4.36. The molecule has 0 saturated carbocycles. The number of amides is 1. The second-order valence-electron chi connectivity index (χ2n) is 8.64. The van der Waals surface area contributed by atoms with Crippen molar-refractivity contribution in [3.8, 4) is 0 Å². The molecule has 4 heterocycles. The van der Waals surface area contributed by atoms with Crippen LogP contribution in [0.5, 0.6) is 0 Å². The Morgan fingerprint density at radius 1 is 1.19 bits per heavy atom. The van der Waals surface area contributed by atoms with Crippen LogP contribution in [0.1, 0.15) is 23.2 Å². The molecule has 5 rings (SSSR count). The lowest BCUT2D eigenvalue weighted by Gasteiger charge is -2.43. The Kier molecular flexibility index (Phi) is 5.73. The number of rotatable bonds is 5. The molecule has 188 valence electrons. The summed E-state index contributed by atoms with van der Waals surface area (Å²) in [7, 11) is 0. The highest BCUT2D eigenvalue weighted by Gasteiger charge is 2.62. The summed E-state index contributed by atoms with van der Waals surface area (Å²) in [4.78, 5) is 22.5. The zero-order valence-corrected chi connectivity index (χ0v) is 19.1. The van der Waals surface area contributed by atoms with Crippen molar-refractivity contribution in [2.45, 2.75) is 30.4 Å². The number of carbonyl (C=O) groups excluding carboxylic acids is 1. The van der Waals surface area contributed by atoms with Crippen molar-refractivity contribution in [1.29, 1.82) is 0 Å². The van der Waals surface area contributed by atoms with Gasteiger partial charge in [0.05, 0.1) is 30.9 Å². The molecule has 2 aromatic heterocycles. The monoisotopic (exact) mass is 525 g/mol. The average molecular weight is 526 g/mol. The van der Waals surface area contributed by atoms with Gasteiger partial charge in [0.2, 0.25) is 5.91 Å². The SMILES string of the molecule is O=C(Cn1cccn1)N1CC(F)(c2ccc(C3=NOC(c4cc(F)cc(Cl)c4)(C(F)(F)F)C3)cn2)C1. The van der Waals surface area contributed by atoms with Gasteiger partial charge in [0, 0.05) is 34.7 Å². The van der Waals surface area contributed by atoms with E-state index >= 15 is 4.39 Å². The van der Waals surface area contributed by atoms with E-state index in [0.717, 1.165) is 12.1 Å². The maximum Gasteiger partial charge on any atom is 0.435 e. The normalized spacial score (nSPS) is 21.1. The van der Waals surface area contributed by atoms with Gasteiger partial charge in [-0.15, -0.1) is 0 Å². The summed E-state index contributed by atoms with van der Waals surface area (Å²) in [6, 6.07) is 6.93. The third-order valence-electron chi connectivity index (χ3n) is 6.16. The quantitative estimate of drug-likeness (QED) is 0.464. The Hall–Kier alpha value is -3.54. The van der Waals surface area contributed by atoms with Crippen LogP contribution in [0.2, 0.25) is 5.02 Å². The van der Waals surface area contributed by atoms with Crippen molar-refractivity contribution in [2.75, 3.05) is 13.1 Å². The first-order chi connectivity index (χ1) is 17.0. The largest absolute Gasteiger partial charge is 0.435 e. The molecule has 7 nitrogen and oxygen atoms in total. The Morgan fingerprint density at radius 2 is 1.97 bits per heavy atom. The number of aromatic nitrogens is 3. The fourth-order valence-corrected chi connectivity index (χ4v) is 4.43. The minimum Gasteiger partial charge on any atom is -0.374 e. The number of pyridine rings is 1. The number of likely N-dealkylation sites (tertiary alicyclic amines) is 1. The minimum atomic E-state index is -4.94. The maximum atomic E-state index is 15.3. The van der Waals surface area contributed by atoms with E-state index in [1.54, 1.807) is 12.3 Å². The number of halogens is 6. The molecule has 0 spiro atoms. The van der Waals surface area contributed by atoms with Gasteiger partial charge >= 0.3 is 6.18 Å². The van der Waals surface area contributed by atoms with Gasteiger partial charge in [0.25, 0.3) is 5.60 Å². The fraction of sp³-hybridized carbons (Fsp3) is 0.304. The molecule has 13 heteroatoms. The standard InChI is InChI=1S/C23H17ClF5N5O2/c24-16-6-15(7-17(25)8-16)22(23(27,28)29)9-18(32-36-22)14-2-3-19(30-10-14)21(26)12-33(13-21)20(35)11-34-5-1-4-31-34/h1-8,10H,9,11-13H2. The van der Waals surface area contributed by atoms with Crippen molar-refractivity contribution >= 4 is 23.2 Å². The number of carbonyl (C=O) groups is 1. The molecular formula is C23H17ClF5N5O2. The Morgan fingerprint density at radius 3 is 2.58 bits per heavy atom. The van der Waals surface area contributed by atoms with E-state index < -0.39 is 35.2 Å². The van der Waals surface area contributed by atoms with Crippen molar-refractivity contribution in [2.24, 2.45) is 5.16 Å². The summed E-state index contributed by atoms with van der Waals surface area (Å²) < 4.78 is 72.8. The number of alkyl halides is 4.